The van der Waals surface area contributed by atoms with Gasteiger partial charge in [0.1, 0.15) is 5.56 Å². The maximum atomic E-state index is 12.5. The normalized spacial score (nSPS) is 22.8. The SMILES string of the molecule is CC(C)Cn1cccc(C(=O)NC2CCNC23CCC3)c1=O. The van der Waals surface area contributed by atoms with Gasteiger partial charge in [0.05, 0.1) is 0 Å². The summed E-state index contributed by atoms with van der Waals surface area (Å²) < 4.78 is 1.63. The summed E-state index contributed by atoms with van der Waals surface area (Å²) in [6, 6.07) is 3.56. The second-order valence-electron chi connectivity index (χ2n) is 7.02. The van der Waals surface area contributed by atoms with Crippen LogP contribution >= 0.6 is 0 Å². The van der Waals surface area contributed by atoms with Crippen LogP contribution in [0.1, 0.15) is 49.9 Å². The van der Waals surface area contributed by atoms with E-state index in [1.54, 1.807) is 22.9 Å². The highest BCUT2D eigenvalue weighted by atomic mass is 16.2. The lowest BCUT2D eigenvalue weighted by Gasteiger charge is -2.43. The summed E-state index contributed by atoms with van der Waals surface area (Å²) in [6.07, 6.45) is 6.14. The molecule has 1 spiro atoms. The molecule has 0 aromatic carbocycles. The highest BCUT2D eigenvalue weighted by Gasteiger charge is 2.47. The van der Waals surface area contributed by atoms with Crippen molar-refractivity contribution in [1.82, 2.24) is 15.2 Å². The maximum Gasteiger partial charge on any atom is 0.263 e. The molecule has 1 atom stereocenters. The molecule has 22 heavy (non-hydrogen) atoms. The molecular formula is C17H25N3O2. The van der Waals surface area contributed by atoms with Crippen LogP contribution in [-0.4, -0.2) is 28.6 Å². The Labute approximate surface area is 131 Å². The molecule has 1 aliphatic carbocycles. The number of amides is 1. The minimum atomic E-state index is -0.233. The zero-order valence-electron chi connectivity index (χ0n) is 13.4. The number of hydrogen-bond donors (Lipinski definition) is 2. The van der Waals surface area contributed by atoms with Crippen LogP contribution in [-0.2, 0) is 6.54 Å². The highest BCUT2D eigenvalue weighted by molar-refractivity contribution is 5.94. The Balaban J connectivity index is 1.76. The molecule has 2 aliphatic rings. The zero-order valence-corrected chi connectivity index (χ0v) is 13.4. The second kappa shape index (κ2) is 5.88. The number of nitrogens with zero attached hydrogens (tertiary/aromatic N) is 1. The fourth-order valence-corrected chi connectivity index (χ4v) is 3.64. The van der Waals surface area contributed by atoms with Crippen molar-refractivity contribution in [3.8, 4) is 0 Å². The first-order valence-corrected chi connectivity index (χ1v) is 8.27. The summed E-state index contributed by atoms with van der Waals surface area (Å²) in [5.41, 5.74) is 0.147. The highest BCUT2D eigenvalue weighted by Crippen LogP contribution is 2.39. The number of hydrogen-bond acceptors (Lipinski definition) is 3. The van der Waals surface area contributed by atoms with Gasteiger partial charge in [-0.15, -0.1) is 0 Å². The minimum absolute atomic E-state index is 0.0847. The number of nitrogens with one attached hydrogen (secondary N) is 2. The molecule has 3 rings (SSSR count). The van der Waals surface area contributed by atoms with Crippen molar-refractivity contribution >= 4 is 5.91 Å². The van der Waals surface area contributed by atoms with Crippen LogP contribution in [0.15, 0.2) is 23.1 Å². The molecule has 1 aromatic heterocycles. The molecule has 1 aromatic rings. The second-order valence-corrected chi connectivity index (χ2v) is 7.02. The smallest absolute Gasteiger partial charge is 0.263 e. The van der Waals surface area contributed by atoms with E-state index in [0.29, 0.717) is 12.5 Å². The van der Waals surface area contributed by atoms with Crippen LogP contribution in [0.3, 0.4) is 0 Å². The van der Waals surface area contributed by atoms with Crippen LogP contribution in [0.2, 0.25) is 0 Å². The molecule has 1 amide bonds. The number of carbonyl (C=O) groups is 1. The fourth-order valence-electron chi connectivity index (χ4n) is 3.64. The van der Waals surface area contributed by atoms with Gasteiger partial charge in [-0.2, -0.15) is 0 Å². The summed E-state index contributed by atoms with van der Waals surface area (Å²) >= 11 is 0. The van der Waals surface area contributed by atoms with Gasteiger partial charge in [-0.25, -0.2) is 0 Å². The third-order valence-electron chi connectivity index (χ3n) is 4.95. The molecule has 1 aliphatic heterocycles. The number of rotatable bonds is 4. The number of pyridine rings is 1. The molecule has 1 saturated heterocycles. The summed E-state index contributed by atoms with van der Waals surface area (Å²) in [5.74, 6) is 0.136. The van der Waals surface area contributed by atoms with E-state index in [4.69, 9.17) is 0 Å². The first-order chi connectivity index (χ1) is 10.5. The third-order valence-corrected chi connectivity index (χ3v) is 4.95. The van der Waals surface area contributed by atoms with Crippen molar-refractivity contribution in [2.45, 2.75) is 57.7 Å². The Morgan fingerprint density at radius 3 is 2.91 bits per heavy atom. The van der Waals surface area contributed by atoms with Gasteiger partial charge in [-0.05, 0) is 50.3 Å². The van der Waals surface area contributed by atoms with Gasteiger partial charge in [-0.3, -0.25) is 9.59 Å². The van der Waals surface area contributed by atoms with Crippen LogP contribution in [0, 0.1) is 5.92 Å². The molecule has 120 valence electrons. The van der Waals surface area contributed by atoms with Crippen molar-refractivity contribution in [1.29, 1.82) is 0 Å². The van der Waals surface area contributed by atoms with E-state index in [2.05, 4.69) is 24.5 Å². The lowest BCUT2D eigenvalue weighted by Crippen LogP contribution is -2.59. The van der Waals surface area contributed by atoms with E-state index in [-0.39, 0.29) is 28.6 Å². The van der Waals surface area contributed by atoms with E-state index in [0.717, 1.165) is 25.8 Å². The van der Waals surface area contributed by atoms with Gasteiger partial charge in [0.2, 0.25) is 0 Å². The molecule has 5 nitrogen and oxygen atoms in total. The van der Waals surface area contributed by atoms with Crippen molar-refractivity contribution in [2.75, 3.05) is 6.54 Å². The van der Waals surface area contributed by atoms with Crippen LogP contribution in [0.5, 0.6) is 0 Å². The van der Waals surface area contributed by atoms with E-state index >= 15 is 0 Å². The standard InChI is InChI=1S/C17H25N3O2/c1-12(2)11-20-10-3-5-13(16(20)22)15(21)19-14-6-9-18-17(14)7-4-8-17/h3,5,10,12,14,18H,4,6-9,11H2,1-2H3,(H,19,21). The average Bonchev–Trinajstić information content (AvgIpc) is 2.84. The maximum absolute atomic E-state index is 12.5. The van der Waals surface area contributed by atoms with Crippen molar-refractivity contribution < 1.29 is 4.79 Å². The van der Waals surface area contributed by atoms with Gasteiger partial charge in [0, 0.05) is 24.3 Å². The van der Waals surface area contributed by atoms with E-state index in [1.807, 2.05) is 0 Å². The number of aromatic nitrogens is 1. The largest absolute Gasteiger partial charge is 0.347 e. The van der Waals surface area contributed by atoms with E-state index in [1.165, 1.54) is 6.42 Å². The zero-order chi connectivity index (χ0) is 15.7. The van der Waals surface area contributed by atoms with E-state index < -0.39 is 0 Å². The first kappa shape index (κ1) is 15.3. The first-order valence-electron chi connectivity index (χ1n) is 8.27. The number of carbonyl (C=O) groups excluding carboxylic acids is 1. The summed E-state index contributed by atoms with van der Waals surface area (Å²) in [6.45, 7) is 5.69. The lowest BCUT2D eigenvalue weighted by molar-refractivity contribution is 0.0879. The van der Waals surface area contributed by atoms with E-state index in [9.17, 15) is 9.59 Å². The predicted octanol–water partition coefficient (Wildman–Crippen LogP) is 1.52. The molecule has 1 unspecified atom stereocenters. The fraction of sp³-hybridized carbons (Fsp3) is 0.647. The summed E-state index contributed by atoms with van der Waals surface area (Å²) in [4.78, 5) is 25.0. The van der Waals surface area contributed by atoms with Gasteiger partial charge >= 0.3 is 0 Å². The topological polar surface area (TPSA) is 63.1 Å². The Hall–Kier alpha value is -1.62. The quantitative estimate of drug-likeness (QED) is 0.886. The van der Waals surface area contributed by atoms with Gasteiger partial charge in [0.15, 0.2) is 0 Å². The molecule has 2 fully saturated rings. The van der Waals surface area contributed by atoms with Crippen molar-refractivity contribution in [2.24, 2.45) is 5.92 Å². The molecule has 0 bridgehead atoms. The van der Waals surface area contributed by atoms with Crippen molar-refractivity contribution in [3.63, 3.8) is 0 Å². The van der Waals surface area contributed by atoms with Crippen LogP contribution in [0.25, 0.3) is 0 Å². The van der Waals surface area contributed by atoms with Crippen LogP contribution < -0.4 is 16.2 Å². The predicted molar refractivity (Wildman–Crippen MR) is 86.0 cm³/mol. The Morgan fingerprint density at radius 2 is 2.27 bits per heavy atom. The third kappa shape index (κ3) is 2.70. The lowest BCUT2D eigenvalue weighted by atomic mass is 9.73. The molecule has 5 heteroatoms. The minimum Gasteiger partial charge on any atom is -0.347 e. The molecule has 2 heterocycles. The summed E-state index contributed by atoms with van der Waals surface area (Å²) in [7, 11) is 0. The Morgan fingerprint density at radius 1 is 1.50 bits per heavy atom. The average molecular weight is 303 g/mol. The van der Waals surface area contributed by atoms with Crippen LogP contribution in [0.4, 0.5) is 0 Å². The Kier molecular flexibility index (Phi) is 4.08. The summed E-state index contributed by atoms with van der Waals surface area (Å²) in [5, 5.41) is 6.62. The Bertz CT molecular complexity index is 617. The van der Waals surface area contributed by atoms with Gasteiger partial charge in [0.25, 0.3) is 11.5 Å². The van der Waals surface area contributed by atoms with Gasteiger partial charge < -0.3 is 15.2 Å². The molecule has 2 N–H and O–H groups in total. The molecule has 0 radical (unpaired) electrons. The molecule has 1 saturated carbocycles. The molecular weight excluding hydrogens is 278 g/mol. The van der Waals surface area contributed by atoms with Gasteiger partial charge in [-0.1, -0.05) is 13.8 Å². The monoisotopic (exact) mass is 303 g/mol. The van der Waals surface area contributed by atoms with Crippen molar-refractivity contribution in [3.05, 3.63) is 34.2 Å².